The first-order valence-electron chi connectivity index (χ1n) is 5.90. The summed E-state index contributed by atoms with van der Waals surface area (Å²) in [4.78, 5) is 23.1. The lowest BCUT2D eigenvalue weighted by molar-refractivity contribution is -0.137. The van der Waals surface area contributed by atoms with Crippen molar-refractivity contribution in [3.05, 3.63) is 12.2 Å². The van der Waals surface area contributed by atoms with Crippen molar-refractivity contribution < 1.29 is 19.4 Å². The van der Waals surface area contributed by atoms with Crippen LogP contribution in [-0.2, 0) is 9.53 Å². The highest BCUT2D eigenvalue weighted by molar-refractivity contribution is 5.76. The van der Waals surface area contributed by atoms with Gasteiger partial charge in [0.25, 0.3) is 0 Å². The second-order valence-corrected chi connectivity index (χ2v) is 4.24. The van der Waals surface area contributed by atoms with Crippen LogP contribution < -0.4 is 0 Å². The smallest absolute Gasteiger partial charge is 0.410 e. The van der Waals surface area contributed by atoms with E-state index in [1.807, 2.05) is 12.2 Å². The van der Waals surface area contributed by atoms with Gasteiger partial charge in [0, 0.05) is 7.05 Å². The summed E-state index contributed by atoms with van der Waals surface area (Å²) in [6.07, 6.45) is 8.29. The van der Waals surface area contributed by atoms with Gasteiger partial charge in [-0.15, -0.1) is 0 Å². The van der Waals surface area contributed by atoms with Crippen LogP contribution >= 0.6 is 0 Å². The Bertz CT molecular complexity index is 301. The van der Waals surface area contributed by atoms with E-state index >= 15 is 0 Å². The number of ether oxygens (including phenoxy) is 1. The minimum absolute atomic E-state index is 0.223. The standard InChI is InChI=1S/C12H19NO4/c1-13(9-11(14)15)12(16)17-10-7-5-3-2-4-6-8-10/h5,7,10H,2-4,6,8-9H2,1H3,(H,14,15)/b7-5+. The van der Waals surface area contributed by atoms with E-state index in [1.165, 1.54) is 13.5 Å². The van der Waals surface area contributed by atoms with Crippen molar-refractivity contribution in [2.24, 2.45) is 0 Å². The minimum Gasteiger partial charge on any atom is -0.480 e. The van der Waals surface area contributed by atoms with Crippen LogP contribution in [0.15, 0.2) is 12.2 Å². The van der Waals surface area contributed by atoms with Crippen LogP contribution in [0.2, 0.25) is 0 Å². The molecule has 0 bridgehead atoms. The number of aliphatic carboxylic acids is 1. The summed E-state index contributed by atoms with van der Waals surface area (Å²) in [5.41, 5.74) is 0. The van der Waals surface area contributed by atoms with Crippen molar-refractivity contribution in [2.75, 3.05) is 13.6 Å². The Labute approximate surface area is 101 Å². The fourth-order valence-electron chi connectivity index (χ4n) is 1.71. The van der Waals surface area contributed by atoms with Crippen molar-refractivity contribution in [2.45, 2.75) is 38.2 Å². The molecule has 0 fully saturated rings. The van der Waals surface area contributed by atoms with Crippen molar-refractivity contribution in [3.63, 3.8) is 0 Å². The molecule has 1 N–H and O–H groups in total. The maximum Gasteiger partial charge on any atom is 0.410 e. The Morgan fingerprint density at radius 3 is 2.88 bits per heavy atom. The van der Waals surface area contributed by atoms with E-state index in [0.717, 1.165) is 30.6 Å². The summed E-state index contributed by atoms with van der Waals surface area (Å²) in [6.45, 7) is -0.338. The lowest BCUT2D eigenvalue weighted by Gasteiger charge is -2.20. The first kappa shape index (κ1) is 13.5. The molecule has 0 aliphatic heterocycles. The molecule has 0 radical (unpaired) electrons. The van der Waals surface area contributed by atoms with Gasteiger partial charge in [0.15, 0.2) is 0 Å². The number of carboxylic acid groups (broad SMARTS) is 1. The molecule has 1 aliphatic carbocycles. The van der Waals surface area contributed by atoms with Crippen molar-refractivity contribution in [3.8, 4) is 0 Å². The summed E-state index contributed by atoms with van der Waals surface area (Å²) in [6, 6.07) is 0. The van der Waals surface area contributed by atoms with Crippen molar-refractivity contribution in [1.82, 2.24) is 4.90 Å². The number of likely N-dealkylation sites (N-methyl/N-ethyl adjacent to an activating group) is 1. The van der Waals surface area contributed by atoms with Gasteiger partial charge in [-0.1, -0.05) is 12.5 Å². The van der Waals surface area contributed by atoms with Crippen molar-refractivity contribution >= 4 is 12.1 Å². The van der Waals surface area contributed by atoms with Crippen molar-refractivity contribution in [1.29, 1.82) is 0 Å². The van der Waals surface area contributed by atoms with E-state index in [2.05, 4.69) is 0 Å². The third kappa shape index (κ3) is 5.38. The fourth-order valence-corrected chi connectivity index (χ4v) is 1.71. The van der Waals surface area contributed by atoms with Crippen LogP contribution in [0.1, 0.15) is 32.1 Å². The highest BCUT2D eigenvalue weighted by atomic mass is 16.6. The highest BCUT2D eigenvalue weighted by Crippen LogP contribution is 2.14. The Morgan fingerprint density at radius 2 is 2.18 bits per heavy atom. The van der Waals surface area contributed by atoms with Gasteiger partial charge in [0.2, 0.25) is 0 Å². The Balaban J connectivity index is 2.42. The molecule has 0 aromatic carbocycles. The number of rotatable bonds is 3. The summed E-state index contributed by atoms with van der Waals surface area (Å²) in [5, 5.41) is 8.56. The molecular weight excluding hydrogens is 222 g/mol. The van der Waals surface area contributed by atoms with Gasteiger partial charge in [-0.25, -0.2) is 4.79 Å². The summed E-state index contributed by atoms with van der Waals surface area (Å²) >= 11 is 0. The van der Waals surface area contributed by atoms with Crippen LogP contribution in [0, 0.1) is 0 Å². The van der Waals surface area contributed by atoms with Gasteiger partial charge in [-0.05, 0) is 31.8 Å². The maximum absolute atomic E-state index is 11.6. The van der Waals surface area contributed by atoms with E-state index in [1.54, 1.807) is 0 Å². The molecule has 0 aromatic rings. The fraction of sp³-hybridized carbons (Fsp3) is 0.667. The van der Waals surface area contributed by atoms with Crippen LogP contribution in [0.3, 0.4) is 0 Å². The Hall–Kier alpha value is -1.52. The number of nitrogens with zero attached hydrogens (tertiary/aromatic N) is 1. The molecule has 1 atom stereocenters. The number of carboxylic acids is 1. The van der Waals surface area contributed by atoms with Gasteiger partial charge in [0.1, 0.15) is 12.6 Å². The highest BCUT2D eigenvalue weighted by Gasteiger charge is 2.17. The zero-order chi connectivity index (χ0) is 12.7. The molecule has 0 heterocycles. The van der Waals surface area contributed by atoms with E-state index in [9.17, 15) is 9.59 Å². The van der Waals surface area contributed by atoms with Gasteiger partial charge in [-0.3, -0.25) is 4.79 Å². The molecule has 1 aliphatic rings. The number of allylic oxidation sites excluding steroid dienone is 1. The zero-order valence-electron chi connectivity index (χ0n) is 10.1. The molecular formula is C12H19NO4. The normalized spacial score (nSPS) is 22.1. The van der Waals surface area contributed by atoms with E-state index < -0.39 is 12.1 Å². The molecule has 0 saturated carbocycles. The monoisotopic (exact) mass is 241 g/mol. The topological polar surface area (TPSA) is 66.8 Å². The van der Waals surface area contributed by atoms with Crippen LogP contribution in [-0.4, -0.2) is 41.8 Å². The molecule has 5 heteroatoms. The van der Waals surface area contributed by atoms with Crippen LogP contribution in [0.5, 0.6) is 0 Å². The summed E-state index contributed by atoms with van der Waals surface area (Å²) in [5.74, 6) is -1.04. The molecule has 17 heavy (non-hydrogen) atoms. The zero-order valence-corrected chi connectivity index (χ0v) is 10.1. The molecule has 96 valence electrons. The average Bonchev–Trinajstić information content (AvgIpc) is 2.20. The van der Waals surface area contributed by atoms with Gasteiger partial charge >= 0.3 is 12.1 Å². The molecule has 1 amide bonds. The molecule has 5 nitrogen and oxygen atoms in total. The maximum atomic E-state index is 11.6. The summed E-state index contributed by atoms with van der Waals surface area (Å²) in [7, 11) is 1.42. The van der Waals surface area contributed by atoms with E-state index in [4.69, 9.17) is 9.84 Å². The second kappa shape index (κ2) is 6.93. The third-order valence-corrected chi connectivity index (χ3v) is 2.65. The van der Waals surface area contributed by atoms with E-state index in [-0.39, 0.29) is 12.6 Å². The average molecular weight is 241 g/mol. The number of amides is 1. The summed E-state index contributed by atoms with van der Waals surface area (Å²) < 4.78 is 5.23. The predicted octanol–water partition coefficient (Wildman–Crippen LogP) is 2.03. The molecule has 1 unspecified atom stereocenters. The van der Waals surface area contributed by atoms with Crippen LogP contribution in [0.4, 0.5) is 4.79 Å². The van der Waals surface area contributed by atoms with Gasteiger partial charge < -0.3 is 14.7 Å². The molecule has 1 rings (SSSR count). The SMILES string of the molecule is CN(CC(=O)O)C(=O)OC1/C=C/CCCCC1. The van der Waals surface area contributed by atoms with Crippen LogP contribution in [0.25, 0.3) is 0 Å². The molecule has 0 saturated heterocycles. The largest absolute Gasteiger partial charge is 0.480 e. The number of carbonyl (C=O) groups is 2. The van der Waals surface area contributed by atoms with Gasteiger partial charge in [0.05, 0.1) is 0 Å². The first-order valence-corrected chi connectivity index (χ1v) is 5.90. The Kier molecular flexibility index (Phi) is 5.52. The molecule has 0 spiro atoms. The number of carbonyl (C=O) groups excluding carboxylic acids is 1. The lowest BCUT2D eigenvalue weighted by atomic mass is 10.0. The number of hydrogen-bond acceptors (Lipinski definition) is 3. The lowest BCUT2D eigenvalue weighted by Crippen LogP contribution is -2.34. The Morgan fingerprint density at radius 1 is 1.41 bits per heavy atom. The second-order valence-electron chi connectivity index (χ2n) is 4.24. The van der Waals surface area contributed by atoms with Gasteiger partial charge in [-0.2, -0.15) is 0 Å². The third-order valence-electron chi connectivity index (χ3n) is 2.65. The quantitative estimate of drug-likeness (QED) is 0.768. The number of hydrogen-bond donors (Lipinski definition) is 1. The van der Waals surface area contributed by atoms with E-state index in [0.29, 0.717) is 0 Å². The first-order chi connectivity index (χ1) is 8.09. The minimum atomic E-state index is -1.04. The predicted molar refractivity (Wildman–Crippen MR) is 62.8 cm³/mol. The molecule has 0 aromatic heterocycles.